The molecule has 0 amide bonds. The summed E-state index contributed by atoms with van der Waals surface area (Å²) < 4.78 is 1.66. The molecule has 3 rings (SSSR count). The van der Waals surface area contributed by atoms with Crippen molar-refractivity contribution in [3.63, 3.8) is 0 Å². The van der Waals surface area contributed by atoms with E-state index in [1.54, 1.807) is 4.57 Å². The van der Waals surface area contributed by atoms with E-state index in [-0.39, 0.29) is 5.69 Å². The van der Waals surface area contributed by atoms with Crippen LogP contribution >= 0.6 is 0 Å². The van der Waals surface area contributed by atoms with E-state index in [1.165, 1.54) is 11.8 Å². The van der Waals surface area contributed by atoms with Crippen LogP contribution in [-0.4, -0.2) is 9.55 Å². The van der Waals surface area contributed by atoms with Crippen LogP contribution in [0, 0.1) is 12.3 Å². The van der Waals surface area contributed by atoms with Crippen molar-refractivity contribution in [2.75, 3.05) is 0 Å². The summed E-state index contributed by atoms with van der Waals surface area (Å²) in [6.45, 7) is 0.647. The van der Waals surface area contributed by atoms with Gasteiger partial charge in [0.05, 0.1) is 17.5 Å². The van der Waals surface area contributed by atoms with E-state index in [2.05, 4.69) is 17.0 Å². The standard InChI is InChI=1S/C14H10N2O/c1-2-10-9-15-14(17)16-8-7-11-5-3-4-6-12(11)13(10)16/h1,3-6,9H,7-8H2. The van der Waals surface area contributed by atoms with Gasteiger partial charge in [0.1, 0.15) is 0 Å². The Morgan fingerprint density at radius 2 is 2.18 bits per heavy atom. The van der Waals surface area contributed by atoms with Gasteiger partial charge in [-0.05, 0) is 12.0 Å². The first-order chi connectivity index (χ1) is 8.31. The second-order valence-corrected chi connectivity index (χ2v) is 4.01. The molecule has 3 nitrogen and oxygen atoms in total. The Balaban J connectivity index is 2.42. The van der Waals surface area contributed by atoms with Crippen LogP contribution in [0.5, 0.6) is 0 Å². The lowest BCUT2D eigenvalue weighted by Gasteiger charge is -2.21. The molecule has 0 atom stereocenters. The van der Waals surface area contributed by atoms with E-state index in [1.807, 2.05) is 18.2 Å². The van der Waals surface area contributed by atoms with Gasteiger partial charge in [-0.15, -0.1) is 6.42 Å². The largest absolute Gasteiger partial charge is 0.348 e. The Morgan fingerprint density at radius 1 is 1.35 bits per heavy atom. The Bertz CT molecular complexity index is 692. The molecule has 0 saturated carbocycles. The number of aromatic nitrogens is 2. The van der Waals surface area contributed by atoms with E-state index in [9.17, 15) is 4.79 Å². The molecule has 0 spiro atoms. The summed E-state index contributed by atoms with van der Waals surface area (Å²) in [7, 11) is 0. The Hall–Kier alpha value is -2.34. The molecular weight excluding hydrogens is 212 g/mol. The number of nitrogens with zero attached hydrogens (tertiary/aromatic N) is 2. The molecule has 0 unspecified atom stereocenters. The summed E-state index contributed by atoms with van der Waals surface area (Å²) in [4.78, 5) is 15.5. The number of terminal acetylenes is 1. The molecule has 0 radical (unpaired) electrons. The molecule has 0 saturated heterocycles. The van der Waals surface area contributed by atoms with Gasteiger partial charge in [0.25, 0.3) is 0 Å². The van der Waals surface area contributed by atoms with E-state index in [0.717, 1.165) is 17.7 Å². The minimum absolute atomic E-state index is 0.228. The van der Waals surface area contributed by atoms with Gasteiger partial charge < -0.3 is 0 Å². The van der Waals surface area contributed by atoms with Crippen LogP contribution in [0.25, 0.3) is 11.3 Å². The third-order valence-corrected chi connectivity index (χ3v) is 3.09. The van der Waals surface area contributed by atoms with Crippen molar-refractivity contribution in [1.29, 1.82) is 0 Å². The average molecular weight is 222 g/mol. The van der Waals surface area contributed by atoms with Crippen LogP contribution in [0.1, 0.15) is 11.1 Å². The van der Waals surface area contributed by atoms with Crippen molar-refractivity contribution in [2.45, 2.75) is 13.0 Å². The molecule has 1 aromatic heterocycles. The normalized spacial score (nSPS) is 12.4. The maximum Gasteiger partial charge on any atom is 0.348 e. The summed E-state index contributed by atoms with van der Waals surface area (Å²) >= 11 is 0. The molecular formula is C14H10N2O. The first-order valence-electron chi connectivity index (χ1n) is 5.46. The predicted octanol–water partition coefficient (Wildman–Crippen LogP) is 1.45. The molecule has 1 aliphatic heterocycles. The maximum absolute atomic E-state index is 11.7. The second kappa shape index (κ2) is 3.60. The molecule has 82 valence electrons. The summed E-state index contributed by atoms with van der Waals surface area (Å²) in [6.07, 6.45) is 7.80. The zero-order chi connectivity index (χ0) is 11.8. The highest BCUT2D eigenvalue weighted by atomic mass is 16.1. The highest BCUT2D eigenvalue weighted by Crippen LogP contribution is 2.29. The molecule has 2 aromatic rings. The van der Waals surface area contributed by atoms with E-state index >= 15 is 0 Å². The van der Waals surface area contributed by atoms with Crippen LogP contribution in [-0.2, 0) is 13.0 Å². The highest BCUT2D eigenvalue weighted by Gasteiger charge is 2.19. The number of rotatable bonds is 0. The van der Waals surface area contributed by atoms with Crippen LogP contribution in [0.15, 0.2) is 35.3 Å². The van der Waals surface area contributed by atoms with Crippen molar-refractivity contribution in [2.24, 2.45) is 0 Å². The highest BCUT2D eigenvalue weighted by molar-refractivity contribution is 5.71. The van der Waals surface area contributed by atoms with Gasteiger partial charge in [-0.1, -0.05) is 30.2 Å². The van der Waals surface area contributed by atoms with Gasteiger partial charge in [0.15, 0.2) is 0 Å². The minimum atomic E-state index is -0.228. The molecule has 17 heavy (non-hydrogen) atoms. The molecule has 0 bridgehead atoms. The van der Waals surface area contributed by atoms with Crippen LogP contribution in [0.4, 0.5) is 0 Å². The van der Waals surface area contributed by atoms with E-state index in [0.29, 0.717) is 12.1 Å². The fourth-order valence-electron chi connectivity index (χ4n) is 2.30. The fourth-order valence-corrected chi connectivity index (χ4v) is 2.30. The monoisotopic (exact) mass is 222 g/mol. The third kappa shape index (κ3) is 1.38. The summed E-state index contributed by atoms with van der Waals surface area (Å²) in [5, 5.41) is 0. The number of fused-ring (bicyclic) bond motifs is 3. The lowest BCUT2D eigenvalue weighted by atomic mass is 9.95. The number of hydrogen-bond acceptors (Lipinski definition) is 2. The predicted molar refractivity (Wildman–Crippen MR) is 65.6 cm³/mol. The Morgan fingerprint density at radius 3 is 3.00 bits per heavy atom. The molecule has 0 aliphatic carbocycles. The average Bonchev–Trinajstić information content (AvgIpc) is 2.39. The fraction of sp³-hybridized carbons (Fsp3) is 0.143. The zero-order valence-electron chi connectivity index (χ0n) is 9.18. The van der Waals surface area contributed by atoms with Crippen molar-refractivity contribution in [3.8, 4) is 23.6 Å². The molecule has 3 heteroatoms. The summed E-state index contributed by atoms with van der Waals surface area (Å²) in [6, 6.07) is 8.04. The van der Waals surface area contributed by atoms with Crippen molar-refractivity contribution in [1.82, 2.24) is 9.55 Å². The van der Waals surface area contributed by atoms with Gasteiger partial charge in [0.2, 0.25) is 0 Å². The lowest BCUT2D eigenvalue weighted by Crippen LogP contribution is -2.28. The zero-order valence-corrected chi connectivity index (χ0v) is 9.18. The number of benzene rings is 1. The van der Waals surface area contributed by atoms with Crippen molar-refractivity contribution in [3.05, 3.63) is 52.1 Å². The quantitative estimate of drug-likeness (QED) is 0.632. The number of hydrogen-bond donors (Lipinski definition) is 0. The minimum Gasteiger partial charge on any atom is -0.290 e. The van der Waals surface area contributed by atoms with Gasteiger partial charge in [0, 0.05) is 12.1 Å². The number of aryl methyl sites for hydroxylation is 1. The smallest absolute Gasteiger partial charge is 0.290 e. The first-order valence-corrected chi connectivity index (χ1v) is 5.46. The van der Waals surface area contributed by atoms with Crippen LogP contribution in [0.3, 0.4) is 0 Å². The first kappa shape index (κ1) is 9.86. The third-order valence-electron chi connectivity index (χ3n) is 3.09. The van der Waals surface area contributed by atoms with Gasteiger partial charge in [-0.3, -0.25) is 4.57 Å². The molecule has 1 aliphatic rings. The topological polar surface area (TPSA) is 34.9 Å². The Kier molecular flexibility index (Phi) is 2.09. The maximum atomic E-state index is 11.7. The van der Waals surface area contributed by atoms with Gasteiger partial charge in [-0.2, -0.15) is 0 Å². The van der Waals surface area contributed by atoms with E-state index < -0.39 is 0 Å². The molecule has 0 fully saturated rings. The second-order valence-electron chi connectivity index (χ2n) is 4.01. The summed E-state index contributed by atoms with van der Waals surface area (Å²) in [5.41, 5.74) is 3.56. The summed E-state index contributed by atoms with van der Waals surface area (Å²) in [5.74, 6) is 2.60. The van der Waals surface area contributed by atoms with Crippen LogP contribution < -0.4 is 5.69 Å². The van der Waals surface area contributed by atoms with Crippen molar-refractivity contribution < 1.29 is 0 Å². The van der Waals surface area contributed by atoms with Crippen LogP contribution in [0.2, 0.25) is 0 Å². The van der Waals surface area contributed by atoms with Crippen molar-refractivity contribution >= 4 is 0 Å². The Labute approximate surface area is 98.8 Å². The molecule has 2 heterocycles. The lowest BCUT2D eigenvalue weighted by molar-refractivity contribution is 0.638. The SMILES string of the molecule is C#Cc1cnc(=O)n2c1-c1ccccc1CC2. The molecule has 1 aromatic carbocycles. The van der Waals surface area contributed by atoms with E-state index in [4.69, 9.17) is 6.42 Å². The molecule has 0 N–H and O–H groups in total. The van der Waals surface area contributed by atoms with Gasteiger partial charge >= 0.3 is 5.69 Å². The van der Waals surface area contributed by atoms with Gasteiger partial charge in [-0.25, -0.2) is 9.78 Å².